The molecule has 3 aromatic carbocycles. The van der Waals surface area contributed by atoms with Crippen LogP contribution in [-0.2, 0) is 17.8 Å². The summed E-state index contributed by atoms with van der Waals surface area (Å²) >= 11 is 0. The molecule has 0 aliphatic carbocycles. The van der Waals surface area contributed by atoms with Crippen LogP contribution in [-0.4, -0.2) is 12.1 Å². The van der Waals surface area contributed by atoms with E-state index in [0.29, 0.717) is 18.0 Å². The second-order valence-electron chi connectivity index (χ2n) is 6.52. The summed E-state index contributed by atoms with van der Waals surface area (Å²) in [6.07, 6.45) is 1.83. The number of nitrogens with two attached hydrogens (primary N) is 1. The molecule has 0 bridgehead atoms. The molecule has 28 heavy (non-hydrogen) atoms. The summed E-state index contributed by atoms with van der Waals surface area (Å²) in [5.41, 5.74) is 12.8. The molecular weight excluding hydrogens is 350 g/mol. The molecule has 3 aromatic rings. The van der Waals surface area contributed by atoms with Gasteiger partial charge < -0.3 is 10.5 Å². The minimum atomic E-state index is -0.195. The quantitative estimate of drug-likeness (QED) is 0.375. The molecule has 142 valence electrons. The van der Waals surface area contributed by atoms with Gasteiger partial charge in [0.1, 0.15) is 12.4 Å². The van der Waals surface area contributed by atoms with Gasteiger partial charge in [-0.15, -0.1) is 0 Å². The summed E-state index contributed by atoms with van der Waals surface area (Å²) in [4.78, 5) is 12.0. The Balaban J connectivity index is 1.56. The molecule has 5 heteroatoms. The van der Waals surface area contributed by atoms with Crippen molar-refractivity contribution in [2.45, 2.75) is 20.0 Å². The first-order valence-corrected chi connectivity index (χ1v) is 9.04. The van der Waals surface area contributed by atoms with Crippen molar-refractivity contribution < 1.29 is 9.53 Å². The Bertz CT molecular complexity index is 948. The molecule has 0 aliphatic rings. The van der Waals surface area contributed by atoms with E-state index in [4.69, 9.17) is 10.5 Å². The molecule has 3 rings (SSSR count). The molecule has 0 spiro atoms. The van der Waals surface area contributed by atoms with Crippen LogP contribution in [0.5, 0.6) is 5.75 Å². The average molecular weight is 373 g/mol. The van der Waals surface area contributed by atoms with E-state index in [2.05, 4.69) is 29.6 Å². The van der Waals surface area contributed by atoms with Gasteiger partial charge >= 0.3 is 0 Å². The fourth-order valence-corrected chi connectivity index (χ4v) is 2.60. The highest BCUT2D eigenvalue weighted by Gasteiger charge is 2.04. The lowest BCUT2D eigenvalue weighted by molar-refractivity contribution is -0.120. The molecule has 0 saturated carbocycles. The Morgan fingerprint density at radius 2 is 1.68 bits per heavy atom. The number of rotatable bonds is 7. The molecule has 5 nitrogen and oxygen atoms in total. The third kappa shape index (κ3) is 5.71. The van der Waals surface area contributed by atoms with Crippen molar-refractivity contribution in [2.24, 2.45) is 5.10 Å². The van der Waals surface area contributed by atoms with E-state index in [1.165, 1.54) is 5.56 Å². The average Bonchev–Trinajstić information content (AvgIpc) is 2.70. The van der Waals surface area contributed by atoms with Crippen molar-refractivity contribution >= 4 is 17.8 Å². The molecule has 0 aliphatic heterocycles. The van der Waals surface area contributed by atoms with Gasteiger partial charge in [-0.1, -0.05) is 54.1 Å². The van der Waals surface area contributed by atoms with Crippen LogP contribution >= 0.6 is 0 Å². The maximum Gasteiger partial charge on any atom is 0.244 e. The van der Waals surface area contributed by atoms with Gasteiger partial charge in [0.05, 0.1) is 12.6 Å². The van der Waals surface area contributed by atoms with Crippen LogP contribution in [0.1, 0.15) is 22.3 Å². The van der Waals surface area contributed by atoms with Crippen LogP contribution in [0.15, 0.2) is 77.9 Å². The largest absolute Gasteiger partial charge is 0.488 e. The zero-order valence-electron chi connectivity index (χ0n) is 15.8. The Labute approximate surface area is 164 Å². The Morgan fingerprint density at radius 3 is 2.43 bits per heavy atom. The van der Waals surface area contributed by atoms with Crippen LogP contribution in [0.3, 0.4) is 0 Å². The molecule has 0 unspecified atom stereocenters. The predicted molar refractivity (Wildman–Crippen MR) is 112 cm³/mol. The normalized spacial score (nSPS) is 10.8. The smallest absolute Gasteiger partial charge is 0.244 e. The molecule has 0 aromatic heterocycles. The van der Waals surface area contributed by atoms with Gasteiger partial charge in [0.25, 0.3) is 0 Å². The van der Waals surface area contributed by atoms with Gasteiger partial charge in [-0.25, -0.2) is 5.43 Å². The number of nitrogen functional groups attached to an aromatic ring is 1. The molecule has 0 heterocycles. The molecule has 1 amide bonds. The molecule has 0 atom stereocenters. The van der Waals surface area contributed by atoms with Crippen LogP contribution in [0.25, 0.3) is 0 Å². The number of amides is 1. The highest BCUT2D eigenvalue weighted by atomic mass is 16.5. The molecular formula is C23H23N3O2. The number of aryl methyl sites for hydroxylation is 1. The van der Waals surface area contributed by atoms with E-state index in [9.17, 15) is 4.79 Å². The fourth-order valence-electron chi connectivity index (χ4n) is 2.60. The predicted octanol–water partition coefficient (Wildman–Crippen LogP) is 3.85. The number of nitrogens with zero attached hydrogens (tertiary/aromatic N) is 1. The standard InChI is InChI=1S/C23H23N3O2/c1-17-6-8-19(9-7-17)16-28-22-5-3-2-4-20(22)15-25-26-23(27)14-18-10-12-21(24)13-11-18/h2-13,15H,14,16,24H2,1H3,(H,26,27)/b25-15-. The molecule has 0 radical (unpaired) electrons. The Kier molecular flexibility index (Phi) is 6.41. The van der Waals surface area contributed by atoms with E-state index < -0.39 is 0 Å². The lowest BCUT2D eigenvalue weighted by Gasteiger charge is -2.09. The van der Waals surface area contributed by atoms with Crippen molar-refractivity contribution in [3.63, 3.8) is 0 Å². The zero-order valence-corrected chi connectivity index (χ0v) is 15.8. The summed E-state index contributed by atoms with van der Waals surface area (Å²) in [5.74, 6) is 0.513. The number of benzene rings is 3. The van der Waals surface area contributed by atoms with E-state index in [-0.39, 0.29) is 12.3 Å². The number of nitrogens with one attached hydrogen (secondary N) is 1. The SMILES string of the molecule is Cc1ccc(COc2ccccc2/C=N\NC(=O)Cc2ccc(N)cc2)cc1. The van der Waals surface area contributed by atoms with Gasteiger partial charge in [0, 0.05) is 11.3 Å². The number of hydrogen-bond donors (Lipinski definition) is 2. The zero-order chi connectivity index (χ0) is 19.8. The number of anilines is 1. The summed E-state index contributed by atoms with van der Waals surface area (Å²) in [6, 6.07) is 23.0. The monoisotopic (exact) mass is 373 g/mol. The summed E-state index contributed by atoms with van der Waals surface area (Å²) in [5, 5.41) is 4.05. The van der Waals surface area contributed by atoms with Gasteiger partial charge in [-0.3, -0.25) is 4.79 Å². The van der Waals surface area contributed by atoms with E-state index in [1.807, 2.05) is 48.5 Å². The number of carbonyl (C=O) groups excluding carboxylic acids is 1. The molecule has 0 saturated heterocycles. The van der Waals surface area contributed by atoms with Crippen LogP contribution in [0.2, 0.25) is 0 Å². The lowest BCUT2D eigenvalue weighted by Crippen LogP contribution is -2.19. The number of para-hydroxylation sites is 1. The first-order chi connectivity index (χ1) is 13.6. The second kappa shape index (κ2) is 9.37. The topological polar surface area (TPSA) is 76.7 Å². The number of carbonyl (C=O) groups is 1. The maximum absolute atomic E-state index is 12.0. The third-order valence-electron chi connectivity index (χ3n) is 4.17. The van der Waals surface area contributed by atoms with E-state index in [1.54, 1.807) is 18.3 Å². The third-order valence-corrected chi connectivity index (χ3v) is 4.17. The molecule has 0 fully saturated rings. The van der Waals surface area contributed by atoms with Crippen LogP contribution < -0.4 is 15.9 Å². The van der Waals surface area contributed by atoms with Gasteiger partial charge in [-0.2, -0.15) is 5.10 Å². The highest BCUT2D eigenvalue weighted by molar-refractivity contribution is 5.85. The van der Waals surface area contributed by atoms with E-state index in [0.717, 1.165) is 16.7 Å². The van der Waals surface area contributed by atoms with Crippen LogP contribution in [0.4, 0.5) is 5.69 Å². The van der Waals surface area contributed by atoms with Crippen molar-refractivity contribution in [1.82, 2.24) is 5.43 Å². The van der Waals surface area contributed by atoms with Gasteiger partial charge in [0.2, 0.25) is 5.91 Å². The van der Waals surface area contributed by atoms with Crippen molar-refractivity contribution in [3.8, 4) is 5.75 Å². The van der Waals surface area contributed by atoms with E-state index >= 15 is 0 Å². The minimum Gasteiger partial charge on any atom is -0.488 e. The van der Waals surface area contributed by atoms with Gasteiger partial charge in [0.15, 0.2) is 0 Å². The first-order valence-electron chi connectivity index (χ1n) is 9.04. The first kappa shape index (κ1) is 19.2. The Hall–Kier alpha value is -3.60. The summed E-state index contributed by atoms with van der Waals surface area (Å²) < 4.78 is 5.91. The maximum atomic E-state index is 12.0. The highest BCUT2D eigenvalue weighted by Crippen LogP contribution is 2.18. The second-order valence-corrected chi connectivity index (χ2v) is 6.52. The van der Waals surface area contributed by atoms with Crippen molar-refractivity contribution in [3.05, 3.63) is 95.1 Å². The number of hydrazone groups is 1. The molecule has 3 N–H and O–H groups in total. The lowest BCUT2D eigenvalue weighted by atomic mass is 10.1. The van der Waals surface area contributed by atoms with Crippen LogP contribution in [0, 0.1) is 6.92 Å². The Morgan fingerprint density at radius 1 is 1.00 bits per heavy atom. The van der Waals surface area contributed by atoms with Gasteiger partial charge in [-0.05, 0) is 42.3 Å². The minimum absolute atomic E-state index is 0.195. The summed E-state index contributed by atoms with van der Waals surface area (Å²) in [6.45, 7) is 2.52. The number of hydrogen-bond acceptors (Lipinski definition) is 4. The van der Waals surface area contributed by atoms with Crippen molar-refractivity contribution in [1.29, 1.82) is 0 Å². The summed E-state index contributed by atoms with van der Waals surface area (Å²) in [7, 11) is 0. The number of ether oxygens (including phenoxy) is 1. The van der Waals surface area contributed by atoms with Crippen molar-refractivity contribution in [2.75, 3.05) is 5.73 Å². The fraction of sp³-hybridized carbons (Fsp3) is 0.130.